The molecule has 1 aromatic carbocycles. The highest BCUT2D eigenvalue weighted by Gasteiger charge is 2.29. The summed E-state index contributed by atoms with van der Waals surface area (Å²) in [6.45, 7) is 5.98. The van der Waals surface area contributed by atoms with E-state index in [0.717, 1.165) is 16.5 Å². The van der Waals surface area contributed by atoms with Crippen LogP contribution in [0.5, 0.6) is 0 Å². The fraction of sp³-hybridized carbons (Fsp3) is 0.429. The third kappa shape index (κ3) is 2.35. The lowest BCUT2D eigenvalue weighted by molar-refractivity contribution is 0.0401. The lowest BCUT2D eigenvalue weighted by Crippen LogP contribution is -2.36. The summed E-state index contributed by atoms with van der Waals surface area (Å²) in [5.41, 5.74) is 7.97. The van der Waals surface area contributed by atoms with Gasteiger partial charge < -0.3 is 15.8 Å². The van der Waals surface area contributed by atoms with E-state index in [4.69, 9.17) is 5.73 Å². The van der Waals surface area contributed by atoms with Crippen molar-refractivity contribution in [3.05, 3.63) is 36.0 Å². The number of hydrogen-bond acceptors (Lipinski definition) is 2. The van der Waals surface area contributed by atoms with Crippen molar-refractivity contribution >= 4 is 10.9 Å². The van der Waals surface area contributed by atoms with Gasteiger partial charge in [-0.05, 0) is 34.6 Å². The van der Waals surface area contributed by atoms with E-state index in [2.05, 4.69) is 4.98 Å². The third-order valence-electron chi connectivity index (χ3n) is 3.19. The normalized spacial score (nSPS) is 16.1. The largest absolute Gasteiger partial charge is 0.391 e. The number of aromatic amines is 1. The lowest BCUT2D eigenvalue weighted by Gasteiger charge is -2.31. The molecule has 0 aliphatic heterocycles. The zero-order chi connectivity index (χ0) is 12.6. The molecule has 1 aromatic heterocycles. The molecule has 0 amide bonds. The Kier molecular flexibility index (Phi) is 2.98. The fourth-order valence-corrected chi connectivity index (χ4v) is 2.00. The molecular formula is C14H20N2O. The topological polar surface area (TPSA) is 62.0 Å². The van der Waals surface area contributed by atoms with Gasteiger partial charge in [0.25, 0.3) is 0 Å². The van der Waals surface area contributed by atoms with E-state index in [0.29, 0.717) is 0 Å². The molecule has 0 unspecified atom stereocenters. The molecule has 0 bridgehead atoms. The molecule has 4 N–H and O–H groups in total. The Bertz CT molecular complexity index is 510. The van der Waals surface area contributed by atoms with Crippen molar-refractivity contribution in [1.29, 1.82) is 0 Å². The number of fused-ring (bicyclic) bond motifs is 1. The fourth-order valence-electron chi connectivity index (χ4n) is 2.00. The summed E-state index contributed by atoms with van der Waals surface area (Å²) in [5, 5.41) is 11.3. The summed E-state index contributed by atoms with van der Waals surface area (Å²) in [6.07, 6.45) is 1.35. The monoisotopic (exact) mass is 232 g/mol. The van der Waals surface area contributed by atoms with Gasteiger partial charge in [-0.15, -0.1) is 0 Å². The van der Waals surface area contributed by atoms with Crippen LogP contribution in [0.4, 0.5) is 0 Å². The number of aliphatic hydroxyl groups excluding tert-OH is 1. The third-order valence-corrected chi connectivity index (χ3v) is 3.19. The van der Waals surface area contributed by atoms with E-state index in [-0.39, 0.29) is 11.5 Å². The summed E-state index contributed by atoms with van der Waals surface area (Å²) < 4.78 is 0. The van der Waals surface area contributed by atoms with Crippen LogP contribution in [0.15, 0.2) is 30.5 Å². The van der Waals surface area contributed by atoms with Crippen molar-refractivity contribution in [3.63, 3.8) is 0 Å². The molecule has 2 rings (SSSR count). The molecule has 2 aromatic rings. The first-order chi connectivity index (χ1) is 7.89. The van der Waals surface area contributed by atoms with E-state index in [1.54, 1.807) is 0 Å². The maximum absolute atomic E-state index is 10.2. The summed E-state index contributed by atoms with van der Waals surface area (Å²) in [7, 11) is 0. The van der Waals surface area contributed by atoms with Gasteiger partial charge in [0, 0.05) is 11.7 Å². The number of aliphatic hydroxyl groups is 1. The predicted molar refractivity (Wildman–Crippen MR) is 70.7 cm³/mol. The maximum Gasteiger partial charge on any atom is 0.0780 e. The molecule has 3 nitrogen and oxygen atoms in total. The van der Waals surface area contributed by atoms with Crippen molar-refractivity contribution in [1.82, 2.24) is 4.98 Å². The van der Waals surface area contributed by atoms with Gasteiger partial charge in [-0.3, -0.25) is 0 Å². The molecule has 1 heterocycles. The van der Waals surface area contributed by atoms with Crippen LogP contribution in [-0.4, -0.2) is 16.2 Å². The van der Waals surface area contributed by atoms with Crippen LogP contribution >= 0.6 is 0 Å². The van der Waals surface area contributed by atoms with Crippen LogP contribution in [0.25, 0.3) is 10.9 Å². The molecule has 3 heteroatoms. The van der Waals surface area contributed by atoms with Gasteiger partial charge in [0.1, 0.15) is 0 Å². The van der Waals surface area contributed by atoms with Crippen molar-refractivity contribution in [2.45, 2.75) is 32.9 Å². The molecule has 0 aliphatic rings. The SMILES string of the molecule is CC(C)(C)[C@@H](O)[C@@H](N)c1ccc2[nH]ccc2c1. The van der Waals surface area contributed by atoms with Crippen LogP contribution in [0.3, 0.4) is 0 Å². The van der Waals surface area contributed by atoms with Crippen molar-refractivity contribution < 1.29 is 5.11 Å². The van der Waals surface area contributed by atoms with Gasteiger partial charge in [-0.25, -0.2) is 0 Å². The highest BCUT2D eigenvalue weighted by molar-refractivity contribution is 5.80. The van der Waals surface area contributed by atoms with Gasteiger partial charge in [0.2, 0.25) is 0 Å². The zero-order valence-electron chi connectivity index (χ0n) is 10.6. The number of nitrogens with two attached hydrogens (primary N) is 1. The van der Waals surface area contributed by atoms with Crippen molar-refractivity contribution in [2.24, 2.45) is 11.1 Å². The minimum Gasteiger partial charge on any atom is -0.391 e. The molecule has 0 fully saturated rings. The second-order valence-electron chi connectivity index (χ2n) is 5.66. The molecule has 17 heavy (non-hydrogen) atoms. The first kappa shape index (κ1) is 12.1. The van der Waals surface area contributed by atoms with E-state index in [9.17, 15) is 5.11 Å². The predicted octanol–water partition coefficient (Wildman–Crippen LogP) is 2.57. The van der Waals surface area contributed by atoms with Crippen LogP contribution in [0.2, 0.25) is 0 Å². The molecule has 0 spiro atoms. The number of nitrogens with one attached hydrogen (secondary N) is 1. The van der Waals surface area contributed by atoms with Crippen LogP contribution in [0, 0.1) is 5.41 Å². The van der Waals surface area contributed by atoms with E-state index in [1.807, 2.05) is 51.2 Å². The van der Waals surface area contributed by atoms with Crippen LogP contribution in [-0.2, 0) is 0 Å². The molecule has 0 aliphatic carbocycles. The minimum absolute atomic E-state index is 0.216. The Morgan fingerprint density at radius 3 is 2.59 bits per heavy atom. The van der Waals surface area contributed by atoms with Crippen LogP contribution < -0.4 is 5.73 Å². The first-order valence-electron chi connectivity index (χ1n) is 5.90. The van der Waals surface area contributed by atoms with Gasteiger partial charge in [0.15, 0.2) is 0 Å². The zero-order valence-corrected chi connectivity index (χ0v) is 10.6. The highest BCUT2D eigenvalue weighted by Crippen LogP contribution is 2.29. The number of rotatable bonds is 2. The molecule has 92 valence electrons. The van der Waals surface area contributed by atoms with E-state index < -0.39 is 6.10 Å². The van der Waals surface area contributed by atoms with Crippen LogP contribution in [0.1, 0.15) is 32.4 Å². The smallest absolute Gasteiger partial charge is 0.0780 e. The quantitative estimate of drug-likeness (QED) is 0.745. The second-order valence-corrected chi connectivity index (χ2v) is 5.66. The summed E-state index contributed by atoms with van der Waals surface area (Å²) in [6, 6.07) is 7.66. The molecule has 0 radical (unpaired) electrons. The Morgan fingerprint density at radius 1 is 1.24 bits per heavy atom. The summed E-state index contributed by atoms with van der Waals surface area (Å²) in [5.74, 6) is 0. The average molecular weight is 232 g/mol. The summed E-state index contributed by atoms with van der Waals surface area (Å²) in [4.78, 5) is 3.14. The highest BCUT2D eigenvalue weighted by atomic mass is 16.3. The number of benzene rings is 1. The first-order valence-corrected chi connectivity index (χ1v) is 5.90. The van der Waals surface area contributed by atoms with Gasteiger partial charge in [-0.2, -0.15) is 0 Å². The Labute approximate surface area is 102 Å². The molecular weight excluding hydrogens is 212 g/mol. The van der Waals surface area contributed by atoms with Crippen molar-refractivity contribution in [3.8, 4) is 0 Å². The van der Waals surface area contributed by atoms with E-state index in [1.165, 1.54) is 0 Å². The van der Waals surface area contributed by atoms with Gasteiger partial charge >= 0.3 is 0 Å². The Balaban J connectivity index is 2.32. The van der Waals surface area contributed by atoms with Crippen molar-refractivity contribution in [2.75, 3.05) is 0 Å². The standard InChI is InChI=1S/C14H20N2O/c1-14(2,3)13(17)12(15)10-4-5-11-9(8-10)6-7-16-11/h4-8,12-13,16-17H,15H2,1-3H3/t12-,13-/m0/s1. The summed E-state index contributed by atoms with van der Waals surface area (Å²) >= 11 is 0. The second kappa shape index (κ2) is 4.17. The molecule has 0 saturated heterocycles. The lowest BCUT2D eigenvalue weighted by atomic mass is 9.82. The molecule has 2 atom stereocenters. The van der Waals surface area contributed by atoms with Gasteiger partial charge in [0.05, 0.1) is 12.1 Å². The number of hydrogen-bond donors (Lipinski definition) is 3. The Morgan fingerprint density at radius 2 is 1.94 bits per heavy atom. The minimum atomic E-state index is -0.557. The Hall–Kier alpha value is -1.32. The van der Waals surface area contributed by atoms with Gasteiger partial charge in [-0.1, -0.05) is 26.8 Å². The van der Waals surface area contributed by atoms with E-state index >= 15 is 0 Å². The number of H-pyrrole nitrogens is 1. The number of aromatic nitrogens is 1. The molecule has 0 saturated carbocycles. The maximum atomic E-state index is 10.2. The average Bonchev–Trinajstić information content (AvgIpc) is 2.72.